The molecule has 0 fully saturated rings. The van der Waals surface area contributed by atoms with Crippen molar-refractivity contribution in [2.24, 2.45) is 0 Å². The summed E-state index contributed by atoms with van der Waals surface area (Å²) in [6, 6.07) is 3.07. The Morgan fingerprint density at radius 1 is 1.44 bits per heavy atom. The van der Waals surface area contributed by atoms with Gasteiger partial charge in [-0.15, -0.1) is 0 Å². The number of carbonyl (C=O) groups is 2. The maximum absolute atomic E-state index is 11.9. The summed E-state index contributed by atoms with van der Waals surface area (Å²) in [7, 11) is 1.42. The quantitative estimate of drug-likeness (QED) is 0.924. The molecule has 0 unspecified atom stereocenters. The summed E-state index contributed by atoms with van der Waals surface area (Å²) in [5.74, 6) is -1.45. The number of carbonyl (C=O) groups excluding carboxylic acids is 1. The third-order valence-corrected chi connectivity index (χ3v) is 2.88. The number of amides is 1. The van der Waals surface area contributed by atoms with Gasteiger partial charge in [-0.3, -0.25) is 4.79 Å². The van der Waals surface area contributed by atoms with Crippen molar-refractivity contribution in [3.63, 3.8) is 0 Å². The third-order valence-electron chi connectivity index (χ3n) is 2.45. The van der Waals surface area contributed by atoms with E-state index in [0.29, 0.717) is 4.67 Å². The second-order valence-corrected chi connectivity index (χ2v) is 4.61. The van der Waals surface area contributed by atoms with Crippen LogP contribution in [0.25, 0.3) is 0 Å². The van der Waals surface area contributed by atoms with E-state index in [0.717, 1.165) is 4.90 Å². The molecule has 1 N–H and O–H groups in total. The van der Waals surface area contributed by atoms with Gasteiger partial charge in [0, 0.05) is 7.05 Å². The molecule has 0 aromatic carbocycles. The lowest BCUT2D eigenvalue weighted by atomic mass is 10.0. The van der Waals surface area contributed by atoms with Gasteiger partial charge in [0.1, 0.15) is 5.54 Å². The molecule has 0 saturated carbocycles. The van der Waals surface area contributed by atoms with E-state index in [2.05, 4.69) is 15.9 Å². The van der Waals surface area contributed by atoms with Crippen LogP contribution in [0.5, 0.6) is 0 Å². The van der Waals surface area contributed by atoms with Gasteiger partial charge in [-0.05, 0) is 41.9 Å². The zero-order chi connectivity index (χ0) is 12.5. The van der Waals surface area contributed by atoms with Crippen LogP contribution >= 0.6 is 15.9 Å². The number of rotatable bonds is 3. The van der Waals surface area contributed by atoms with Crippen LogP contribution in [0, 0.1) is 0 Å². The average Bonchev–Trinajstić information content (AvgIpc) is 2.62. The fraction of sp³-hybridized carbons (Fsp3) is 0.400. The number of halogens is 1. The summed E-state index contributed by atoms with van der Waals surface area (Å²) in [5, 5.41) is 8.98. The molecule has 1 rings (SSSR count). The van der Waals surface area contributed by atoms with Crippen molar-refractivity contribution in [3.05, 3.63) is 22.6 Å². The zero-order valence-corrected chi connectivity index (χ0v) is 10.7. The van der Waals surface area contributed by atoms with Gasteiger partial charge >= 0.3 is 5.97 Å². The lowest BCUT2D eigenvalue weighted by molar-refractivity contribution is -0.147. The number of carboxylic acid groups (broad SMARTS) is 1. The Kier molecular flexibility index (Phi) is 3.42. The van der Waals surface area contributed by atoms with Crippen molar-refractivity contribution in [1.29, 1.82) is 0 Å². The van der Waals surface area contributed by atoms with Crippen LogP contribution < -0.4 is 0 Å². The Labute approximate surface area is 101 Å². The van der Waals surface area contributed by atoms with Crippen LogP contribution in [0.1, 0.15) is 24.4 Å². The molecule has 0 saturated heterocycles. The summed E-state index contributed by atoms with van der Waals surface area (Å²) in [5.41, 5.74) is -1.28. The van der Waals surface area contributed by atoms with E-state index in [1.807, 2.05) is 0 Å². The predicted molar refractivity (Wildman–Crippen MR) is 60.2 cm³/mol. The SMILES string of the molecule is CN(C(=O)c1ccc(Br)o1)C(C)(C)C(=O)O. The van der Waals surface area contributed by atoms with Crippen molar-refractivity contribution >= 4 is 27.8 Å². The van der Waals surface area contributed by atoms with E-state index in [9.17, 15) is 9.59 Å². The molecule has 1 amide bonds. The summed E-state index contributed by atoms with van der Waals surface area (Å²) in [6.07, 6.45) is 0. The van der Waals surface area contributed by atoms with Crippen molar-refractivity contribution in [3.8, 4) is 0 Å². The number of nitrogens with zero attached hydrogens (tertiary/aromatic N) is 1. The second kappa shape index (κ2) is 4.29. The number of hydrogen-bond acceptors (Lipinski definition) is 3. The molecular weight excluding hydrogens is 278 g/mol. The molecule has 5 nitrogen and oxygen atoms in total. The van der Waals surface area contributed by atoms with Crippen LogP contribution in [0.2, 0.25) is 0 Å². The van der Waals surface area contributed by atoms with Crippen LogP contribution in [0.3, 0.4) is 0 Å². The normalized spacial score (nSPS) is 11.2. The molecule has 1 heterocycles. The van der Waals surface area contributed by atoms with E-state index in [1.54, 1.807) is 6.07 Å². The number of carboxylic acids is 1. The van der Waals surface area contributed by atoms with Crippen LogP contribution in [0.15, 0.2) is 21.2 Å². The van der Waals surface area contributed by atoms with Crippen molar-refractivity contribution in [1.82, 2.24) is 4.90 Å². The third kappa shape index (κ3) is 2.27. The lowest BCUT2D eigenvalue weighted by Crippen LogP contribution is -2.50. The monoisotopic (exact) mass is 289 g/mol. The van der Waals surface area contributed by atoms with E-state index in [-0.39, 0.29) is 5.76 Å². The van der Waals surface area contributed by atoms with E-state index < -0.39 is 17.4 Å². The summed E-state index contributed by atoms with van der Waals surface area (Å²) >= 11 is 3.08. The molecule has 1 aromatic heterocycles. The minimum Gasteiger partial charge on any atom is -0.480 e. The number of aliphatic carboxylic acids is 1. The highest BCUT2D eigenvalue weighted by Crippen LogP contribution is 2.19. The first kappa shape index (κ1) is 12.8. The largest absolute Gasteiger partial charge is 0.480 e. The smallest absolute Gasteiger partial charge is 0.329 e. The molecule has 0 aliphatic rings. The van der Waals surface area contributed by atoms with Gasteiger partial charge in [0.2, 0.25) is 0 Å². The topological polar surface area (TPSA) is 70.8 Å². The van der Waals surface area contributed by atoms with Crippen LogP contribution in [-0.4, -0.2) is 34.5 Å². The minimum absolute atomic E-state index is 0.101. The molecule has 0 atom stereocenters. The highest BCUT2D eigenvalue weighted by atomic mass is 79.9. The zero-order valence-electron chi connectivity index (χ0n) is 9.15. The van der Waals surface area contributed by atoms with Crippen LogP contribution in [-0.2, 0) is 4.79 Å². The first-order chi connectivity index (χ1) is 7.26. The van der Waals surface area contributed by atoms with Crippen LogP contribution in [0.4, 0.5) is 0 Å². The molecule has 1 aromatic rings. The Morgan fingerprint density at radius 2 is 2.00 bits per heavy atom. The van der Waals surface area contributed by atoms with E-state index in [4.69, 9.17) is 9.52 Å². The molecule has 0 radical (unpaired) electrons. The van der Waals surface area contributed by atoms with Crippen molar-refractivity contribution in [2.45, 2.75) is 19.4 Å². The van der Waals surface area contributed by atoms with Gasteiger partial charge in [0.05, 0.1) is 0 Å². The van der Waals surface area contributed by atoms with Crippen molar-refractivity contribution < 1.29 is 19.1 Å². The number of likely N-dealkylation sites (N-methyl/N-ethyl adjacent to an activating group) is 1. The Balaban J connectivity index is 2.95. The Hall–Kier alpha value is -1.30. The lowest BCUT2D eigenvalue weighted by Gasteiger charge is -2.30. The van der Waals surface area contributed by atoms with E-state index in [1.165, 1.54) is 27.0 Å². The summed E-state index contributed by atoms with van der Waals surface area (Å²) in [4.78, 5) is 24.0. The number of furan rings is 1. The van der Waals surface area contributed by atoms with Gasteiger partial charge in [0.15, 0.2) is 10.4 Å². The maximum atomic E-state index is 11.9. The standard InChI is InChI=1S/C10H12BrNO4/c1-10(2,9(14)15)12(3)8(13)6-4-5-7(11)16-6/h4-5H,1-3H3,(H,14,15). The van der Waals surface area contributed by atoms with Gasteiger partial charge in [-0.2, -0.15) is 0 Å². The first-order valence-corrected chi connectivity index (χ1v) is 5.33. The van der Waals surface area contributed by atoms with E-state index >= 15 is 0 Å². The fourth-order valence-corrected chi connectivity index (χ4v) is 1.30. The highest BCUT2D eigenvalue weighted by molar-refractivity contribution is 9.10. The summed E-state index contributed by atoms with van der Waals surface area (Å²) < 4.78 is 5.50. The highest BCUT2D eigenvalue weighted by Gasteiger charge is 2.36. The Morgan fingerprint density at radius 3 is 2.38 bits per heavy atom. The average molecular weight is 290 g/mol. The fourth-order valence-electron chi connectivity index (χ4n) is 0.992. The van der Waals surface area contributed by atoms with Gasteiger partial charge in [0.25, 0.3) is 5.91 Å². The minimum atomic E-state index is -1.28. The number of hydrogen-bond donors (Lipinski definition) is 1. The van der Waals surface area contributed by atoms with Crippen molar-refractivity contribution in [2.75, 3.05) is 7.05 Å². The molecule has 0 spiro atoms. The van der Waals surface area contributed by atoms with Gasteiger partial charge in [-0.25, -0.2) is 4.79 Å². The maximum Gasteiger partial charge on any atom is 0.329 e. The molecule has 0 bridgehead atoms. The molecule has 6 heteroatoms. The Bertz CT molecular complexity index is 424. The molecule has 0 aliphatic carbocycles. The second-order valence-electron chi connectivity index (χ2n) is 3.83. The van der Waals surface area contributed by atoms with Gasteiger partial charge < -0.3 is 14.4 Å². The molecule has 88 valence electrons. The molecule has 0 aliphatic heterocycles. The summed E-state index contributed by atoms with van der Waals surface area (Å²) in [6.45, 7) is 2.90. The first-order valence-electron chi connectivity index (χ1n) is 4.53. The molecule has 16 heavy (non-hydrogen) atoms. The molecular formula is C10H12BrNO4. The van der Waals surface area contributed by atoms with Gasteiger partial charge in [-0.1, -0.05) is 0 Å². The predicted octanol–water partition coefficient (Wildman–Crippen LogP) is 1.98.